The van der Waals surface area contributed by atoms with Gasteiger partial charge in [0.25, 0.3) is 0 Å². The van der Waals surface area contributed by atoms with Gasteiger partial charge in [0.15, 0.2) is 0 Å². The fraction of sp³-hybridized carbons (Fsp3) is 0.400. The van der Waals surface area contributed by atoms with Crippen molar-refractivity contribution in [1.29, 1.82) is 0 Å². The molecule has 0 saturated carbocycles. The van der Waals surface area contributed by atoms with E-state index in [1.807, 2.05) is 0 Å². The van der Waals surface area contributed by atoms with E-state index < -0.39 is 11.7 Å². The highest BCUT2D eigenvalue weighted by atomic mass is 19.4. The highest BCUT2D eigenvalue weighted by molar-refractivity contribution is 5.77. The van der Waals surface area contributed by atoms with Crippen LogP contribution >= 0.6 is 0 Å². The van der Waals surface area contributed by atoms with Gasteiger partial charge in [-0.05, 0) is 19.2 Å². The number of carbonyl (C=O) groups is 1. The molecule has 0 bridgehead atoms. The first kappa shape index (κ1) is 17.9. The Morgan fingerprint density at radius 1 is 1.17 bits per heavy atom. The maximum atomic E-state index is 13.0. The zero-order valence-corrected chi connectivity index (χ0v) is 13.5. The van der Waals surface area contributed by atoms with Crippen LogP contribution in [-0.2, 0) is 17.5 Å². The van der Waals surface area contributed by atoms with Gasteiger partial charge in [-0.2, -0.15) is 13.2 Å². The summed E-state index contributed by atoms with van der Waals surface area (Å²) in [7, 11) is 4.94. The SMILES string of the molecule is CN(CC(=O)N(C)C)Cc1nnc(-c2ccccc2C(F)(F)F)o1. The molecular weight excluding hydrogens is 325 g/mol. The van der Waals surface area contributed by atoms with Gasteiger partial charge in [-0.3, -0.25) is 9.69 Å². The molecule has 0 atom stereocenters. The van der Waals surface area contributed by atoms with Crippen molar-refractivity contribution in [2.24, 2.45) is 0 Å². The molecule has 2 aromatic rings. The quantitative estimate of drug-likeness (QED) is 0.834. The van der Waals surface area contributed by atoms with E-state index in [1.54, 1.807) is 26.0 Å². The zero-order valence-electron chi connectivity index (χ0n) is 13.5. The number of alkyl halides is 3. The third kappa shape index (κ3) is 4.31. The number of halogens is 3. The van der Waals surface area contributed by atoms with Gasteiger partial charge in [0, 0.05) is 14.1 Å². The van der Waals surface area contributed by atoms with Crippen molar-refractivity contribution in [3.05, 3.63) is 35.7 Å². The average molecular weight is 342 g/mol. The van der Waals surface area contributed by atoms with Crippen LogP contribution in [0.25, 0.3) is 11.5 Å². The molecule has 0 spiro atoms. The Kier molecular flexibility index (Phi) is 5.23. The monoisotopic (exact) mass is 342 g/mol. The maximum Gasteiger partial charge on any atom is 0.417 e. The number of rotatable bonds is 5. The normalized spacial score (nSPS) is 11.8. The summed E-state index contributed by atoms with van der Waals surface area (Å²) in [6.07, 6.45) is -4.51. The smallest absolute Gasteiger partial charge is 0.417 e. The highest BCUT2D eigenvalue weighted by Crippen LogP contribution is 2.36. The van der Waals surface area contributed by atoms with Crippen LogP contribution in [0.4, 0.5) is 13.2 Å². The van der Waals surface area contributed by atoms with E-state index >= 15 is 0 Å². The number of amides is 1. The first-order valence-corrected chi connectivity index (χ1v) is 7.06. The minimum absolute atomic E-state index is 0.111. The summed E-state index contributed by atoms with van der Waals surface area (Å²) in [6, 6.07) is 5.00. The Morgan fingerprint density at radius 2 is 1.83 bits per heavy atom. The lowest BCUT2D eigenvalue weighted by Gasteiger charge is -2.16. The van der Waals surface area contributed by atoms with Gasteiger partial charge in [0.1, 0.15) is 0 Å². The topological polar surface area (TPSA) is 62.5 Å². The Bertz CT molecular complexity index is 713. The minimum Gasteiger partial charge on any atom is -0.419 e. The van der Waals surface area contributed by atoms with Gasteiger partial charge in [-0.25, -0.2) is 0 Å². The third-order valence-electron chi connectivity index (χ3n) is 3.24. The van der Waals surface area contributed by atoms with Crippen molar-refractivity contribution in [1.82, 2.24) is 20.0 Å². The van der Waals surface area contributed by atoms with Crippen LogP contribution in [0, 0.1) is 0 Å². The van der Waals surface area contributed by atoms with Crippen LogP contribution in [0.2, 0.25) is 0 Å². The van der Waals surface area contributed by atoms with Crippen LogP contribution in [-0.4, -0.2) is 53.6 Å². The predicted octanol–water partition coefficient (Wildman–Crippen LogP) is 2.28. The molecule has 2 rings (SSSR count). The van der Waals surface area contributed by atoms with E-state index in [-0.39, 0.29) is 36.3 Å². The van der Waals surface area contributed by atoms with E-state index in [0.29, 0.717) is 0 Å². The molecule has 0 fully saturated rings. The van der Waals surface area contributed by atoms with Crippen molar-refractivity contribution in [2.75, 3.05) is 27.7 Å². The van der Waals surface area contributed by atoms with Gasteiger partial charge in [-0.1, -0.05) is 12.1 Å². The fourth-order valence-electron chi connectivity index (χ4n) is 2.00. The Balaban J connectivity index is 2.16. The van der Waals surface area contributed by atoms with Crippen molar-refractivity contribution >= 4 is 5.91 Å². The number of aromatic nitrogens is 2. The summed E-state index contributed by atoms with van der Waals surface area (Å²) in [5.41, 5.74) is -1.01. The molecular formula is C15H17F3N4O2. The third-order valence-corrected chi connectivity index (χ3v) is 3.24. The number of nitrogens with zero attached hydrogens (tertiary/aromatic N) is 4. The summed E-state index contributed by atoms with van der Waals surface area (Å²) in [5.74, 6) is -0.180. The summed E-state index contributed by atoms with van der Waals surface area (Å²) in [4.78, 5) is 14.7. The number of benzene rings is 1. The van der Waals surface area contributed by atoms with E-state index in [9.17, 15) is 18.0 Å². The zero-order chi connectivity index (χ0) is 17.9. The van der Waals surface area contributed by atoms with Crippen molar-refractivity contribution in [2.45, 2.75) is 12.7 Å². The van der Waals surface area contributed by atoms with Crippen molar-refractivity contribution in [3.63, 3.8) is 0 Å². The Hall–Kier alpha value is -2.42. The number of likely N-dealkylation sites (N-methyl/N-ethyl adjacent to an activating group) is 2. The predicted molar refractivity (Wildman–Crippen MR) is 79.8 cm³/mol. The fourth-order valence-corrected chi connectivity index (χ4v) is 2.00. The van der Waals surface area contributed by atoms with Crippen LogP contribution in [0.15, 0.2) is 28.7 Å². The van der Waals surface area contributed by atoms with Gasteiger partial charge in [0.05, 0.1) is 24.2 Å². The van der Waals surface area contributed by atoms with E-state index in [2.05, 4.69) is 10.2 Å². The Labute approximate surface area is 136 Å². The highest BCUT2D eigenvalue weighted by Gasteiger charge is 2.34. The molecule has 0 aliphatic heterocycles. The molecule has 1 amide bonds. The molecule has 0 saturated heterocycles. The van der Waals surface area contributed by atoms with Crippen LogP contribution < -0.4 is 0 Å². The molecule has 6 nitrogen and oxygen atoms in total. The minimum atomic E-state index is -4.51. The summed E-state index contributed by atoms with van der Waals surface area (Å²) in [6.45, 7) is 0.282. The lowest BCUT2D eigenvalue weighted by Crippen LogP contribution is -2.34. The second-order valence-electron chi connectivity index (χ2n) is 5.50. The van der Waals surface area contributed by atoms with Gasteiger partial charge >= 0.3 is 6.18 Å². The summed E-state index contributed by atoms with van der Waals surface area (Å²) < 4.78 is 44.4. The lowest BCUT2D eigenvalue weighted by molar-refractivity contribution is -0.137. The molecule has 0 aliphatic carbocycles. The van der Waals surface area contributed by atoms with E-state index in [4.69, 9.17) is 4.42 Å². The van der Waals surface area contributed by atoms with Crippen LogP contribution in [0.1, 0.15) is 11.5 Å². The number of carbonyl (C=O) groups excluding carboxylic acids is 1. The molecule has 1 aromatic heterocycles. The molecule has 1 aromatic carbocycles. The van der Waals surface area contributed by atoms with Gasteiger partial charge < -0.3 is 9.32 Å². The van der Waals surface area contributed by atoms with E-state index in [1.165, 1.54) is 23.1 Å². The summed E-state index contributed by atoms with van der Waals surface area (Å²) >= 11 is 0. The number of hydrogen-bond acceptors (Lipinski definition) is 5. The molecule has 0 unspecified atom stereocenters. The second kappa shape index (κ2) is 7.00. The first-order chi connectivity index (χ1) is 11.2. The molecule has 0 aliphatic rings. The van der Waals surface area contributed by atoms with E-state index in [0.717, 1.165) is 6.07 Å². The van der Waals surface area contributed by atoms with Crippen LogP contribution in [0.5, 0.6) is 0 Å². The molecule has 0 radical (unpaired) electrons. The molecule has 130 valence electrons. The van der Waals surface area contributed by atoms with Gasteiger partial charge in [0.2, 0.25) is 17.7 Å². The molecule has 9 heteroatoms. The first-order valence-electron chi connectivity index (χ1n) is 7.06. The molecule has 0 N–H and O–H groups in total. The van der Waals surface area contributed by atoms with Crippen LogP contribution in [0.3, 0.4) is 0 Å². The van der Waals surface area contributed by atoms with Crippen molar-refractivity contribution < 1.29 is 22.4 Å². The average Bonchev–Trinajstić information content (AvgIpc) is 2.94. The van der Waals surface area contributed by atoms with Crippen molar-refractivity contribution in [3.8, 4) is 11.5 Å². The number of hydrogen-bond donors (Lipinski definition) is 0. The lowest BCUT2D eigenvalue weighted by atomic mass is 10.1. The standard InChI is InChI=1S/C15H17F3N4O2/c1-21(2)13(23)9-22(3)8-12-19-20-14(24-12)10-6-4-5-7-11(10)15(16,17)18/h4-7H,8-9H2,1-3H3. The molecule has 24 heavy (non-hydrogen) atoms. The van der Waals surface area contributed by atoms with Gasteiger partial charge in [-0.15, -0.1) is 10.2 Å². The summed E-state index contributed by atoms with van der Waals surface area (Å²) in [5, 5.41) is 7.45. The largest absolute Gasteiger partial charge is 0.419 e. The second-order valence-corrected chi connectivity index (χ2v) is 5.50. The molecule has 1 heterocycles. The maximum absolute atomic E-state index is 13.0. The Morgan fingerprint density at radius 3 is 2.46 bits per heavy atom.